The highest BCUT2D eigenvalue weighted by molar-refractivity contribution is 6.33. The number of nitrogens with zero attached hydrogens (tertiary/aromatic N) is 2. The standard InChI is InChI=1S/C22H28ClN5O2/c1-4-14(24)10-28-12-22(2,3)30-11-19(28)21(29)27-17-8-13(23)7-16-15-5-6-25-9-18(15)26-20(16)17/h5-9,14,19,26H,4,10-12,24H2,1-3H3,(H,27,29). The predicted molar refractivity (Wildman–Crippen MR) is 121 cm³/mol. The number of H-pyrrole nitrogens is 1. The van der Waals surface area contributed by atoms with Crippen molar-refractivity contribution in [2.75, 3.05) is 25.0 Å². The molecule has 0 saturated carbocycles. The fourth-order valence-corrected chi connectivity index (χ4v) is 4.27. The molecule has 1 aromatic carbocycles. The molecule has 4 rings (SSSR count). The Morgan fingerprint density at radius 2 is 2.27 bits per heavy atom. The van der Waals surface area contributed by atoms with Crippen molar-refractivity contribution in [2.45, 2.75) is 44.9 Å². The smallest absolute Gasteiger partial charge is 0.244 e. The second-order valence-electron chi connectivity index (χ2n) is 8.60. The molecule has 2 unspecified atom stereocenters. The lowest BCUT2D eigenvalue weighted by atomic mass is 10.0. The minimum Gasteiger partial charge on any atom is -0.372 e. The van der Waals surface area contributed by atoms with Gasteiger partial charge in [-0.1, -0.05) is 18.5 Å². The number of rotatable bonds is 5. The van der Waals surface area contributed by atoms with Crippen molar-refractivity contribution in [3.63, 3.8) is 0 Å². The monoisotopic (exact) mass is 429 g/mol. The predicted octanol–water partition coefficient (Wildman–Crippen LogP) is 3.52. The van der Waals surface area contributed by atoms with Gasteiger partial charge in [-0.15, -0.1) is 0 Å². The molecule has 0 radical (unpaired) electrons. The van der Waals surface area contributed by atoms with Crippen LogP contribution in [0.2, 0.25) is 5.02 Å². The number of benzene rings is 1. The van der Waals surface area contributed by atoms with Crippen molar-refractivity contribution in [2.24, 2.45) is 5.73 Å². The van der Waals surface area contributed by atoms with E-state index in [1.165, 1.54) is 0 Å². The summed E-state index contributed by atoms with van der Waals surface area (Å²) in [6.07, 6.45) is 4.36. The topological polar surface area (TPSA) is 96.3 Å². The zero-order chi connectivity index (χ0) is 21.5. The van der Waals surface area contributed by atoms with Gasteiger partial charge >= 0.3 is 0 Å². The van der Waals surface area contributed by atoms with Crippen LogP contribution in [0.4, 0.5) is 5.69 Å². The third-order valence-electron chi connectivity index (χ3n) is 5.68. The summed E-state index contributed by atoms with van der Waals surface area (Å²) in [7, 11) is 0. The molecule has 30 heavy (non-hydrogen) atoms. The molecule has 4 N–H and O–H groups in total. The molecule has 1 aliphatic heterocycles. The maximum atomic E-state index is 13.3. The fourth-order valence-electron chi connectivity index (χ4n) is 4.05. The van der Waals surface area contributed by atoms with Crippen molar-refractivity contribution in [3.05, 3.63) is 35.6 Å². The zero-order valence-electron chi connectivity index (χ0n) is 17.5. The van der Waals surface area contributed by atoms with Gasteiger partial charge in [0, 0.05) is 41.1 Å². The summed E-state index contributed by atoms with van der Waals surface area (Å²) in [4.78, 5) is 22.9. The number of aromatic amines is 1. The van der Waals surface area contributed by atoms with Crippen LogP contribution in [-0.4, -0.2) is 58.2 Å². The lowest BCUT2D eigenvalue weighted by Crippen LogP contribution is -2.60. The molecule has 3 aromatic rings. The summed E-state index contributed by atoms with van der Waals surface area (Å²) in [5, 5.41) is 5.58. The van der Waals surface area contributed by atoms with Crippen LogP contribution in [0.15, 0.2) is 30.6 Å². The number of ether oxygens (including phenoxy) is 1. The third-order valence-corrected chi connectivity index (χ3v) is 5.90. The van der Waals surface area contributed by atoms with Gasteiger partial charge in [0.05, 0.1) is 35.1 Å². The molecule has 0 aliphatic carbocycles. The summed E-state index contributed by atoms with van der Waals surface area (Å²) < 4.78 is 5.96. The normalized spacial score (nSPS) is 20.5. The Balaban J connectivity index is 1.64. The molecule has 0 bridgehead atoms. The Hall–Kier alpha value is -2.19. The molecular formula is C22H28ClN5O2. The van der Waals surface area contributed by atoms with Crippen LogP contribution < -0.4 is 11.1 Å². The van der Waals surface area contributed by atoms with Gasteiger partial charge in [-0.05, 0) is 38.5 Å². The number of pyridine rings is 1. The first-order chi connectivity index (χ1) is 14.3. The summed E-state index contributed by atoms with van der Waals surface area (Å²) in [5.74, 6) is -0.130. The molecular weight excluding hydrogens is 402 g/mol. The number of carbonyl (C=O) groups excluding carboxylic acids is 1. The van der Waals surface area contributed by atoms with Crippen molar-refractivity contribution in [1.29, 1.82) is 0 Å². The van der Waals surface area contributed by atoms with Gasteiger partial charge < -0.3 is 20.8 Å². The maximum Gasteiger partial charge on any atom is 0.244 e. The Bertz CT molecular complexity index is 1080. The molecule has 2 aromatic heterocycles. The van der Waals surface area contributed by atoms with Crippen LogP contribution in [-0.2, 0) is 9.53 Å². The lowest BCUT2D eigenvalue weighted by Gasteiger charge is -2.43. The number of nitrogens with two attached hydrogens (primary N) is 1. The third kappa shape index (κ3) is 4.16. The Morgan fingerprint density at radius 3 is 3.03 bits per heavy atom. The van der Waals surface area contributed by atoms with E-state index in [4.69, 9.17) is 22.1 Å². The average Bonchev–Trinajstić information content (AvgIpc) is 3.06. The number of amides is 1. The number of aromatic nitrogens is 2. The first-order valence-electron chi connectivity index (χ1n) is 10.3. The summed E-state index contributed by atoms with van der Waals surface area (Å²) >= 11 is 6.37. The van der Waals surface area contributed by atoms with Crippen molar-refractivity contribution in [1.82, 2.24) is 14.9 Å². The van der Waals surface area contributed by atoms with Crippen LogP contribution >= 0.6 is 11.6 Å². The number of fused-ring (bicyclic) bond motifs is 3. The quantitative estimate of drug-likeness (QED) is 0.576. The van der Waals surface area contributed by atoms with Gasteiger partial charge in [-0.2, -0.15) is 0 Å². The van der Waals surface area contributed by atoms with Crippen molar-refractivity contribution >= 4 is 45.0 Å². The van der Waals surface area contributed by atoms with E-state index in [1.807, 2.05) is 26.0 Å². The van der Waals surface area contributed by atoms with Crippen LogP contribution in [0.5, 0.6) is 0 Å². The second-order valence-corrected chi connectivity index (χ2v) is 9.03. The average molecular weight is 430 g/mol. The molecule has 160 valence electrons. The molecule has 8 heteroatoms. The minimum absolute atomic E-state index is 0.00767. The van der Waals surface area contributed by atoms with Crippen LogP contribution in [0.1, 0.15) is 27.2 Å². The van der Waals surface area contributed by atoms with Crippen LogP contribution in [0.3, 0.4) is 0 Å². The van der Waals surface area contributed by atoms with Gasteiger partial charge in [0.2, 0.25) is 5.91 Å². The number of morpholine rings is 1. The largest absolute Gasteiger partial charge is 0.372 e. The van der Waals surface area contributed by atoms with E-state index >= 15 is 0 Å². The van der Waals surface area contributed by atoms with Crippen LogP contribution in [0.25, 0.3) is 21.8 Å². The molecule has 1 fully saturated rings. The van der Waals surface area contributed by atoms with E-state index in [2.05, 4.69) is 27.1 Å². The molecule has 0 spiro atoms. The van der Waals surface area contributed by atoms with Gasteiger partial charge in [-0.3, -0.25) is 14.7 Å². The number of carbonyl (C=O) groups is 1. The highest BCUT2D eigenvalue weighted by atomic mass is 35.5. The molecule has 1 aliphatic rings. The maximum absolute atomic E-state index is 13.3. The van der Waals surface area contributed by atoms with Crippen LogP contribution in [0, 0.1) is 0 Å². The zero-order valence-corrected chi connectivity index (χ0v) is 18.3. The van der Waals surface area contributed by atoms with Crippen molar-refractivity contribution in [3.8, 4) is 0 Å². The number of anilines is 1. The van der Waals surface area contributed by atoms with Crippen molar-refractivity contribution < 1.29 is 9.53 Å². The van der Waals surface area contributed by atoms with E-state index in [0.717, 1.165) is 28.2 Å². The molecule has 2 atom stereocenters. The van der Waals surface area contributed by atoms with E-state index in [0.29, 0.717) is 30.4 Å². The number of halogens is 1. The Morgan fingerprint density at radius 1 is 1.47 bits per heavy atom. The first-order valence-corrected chi connectivity index (χ1v) is 10.6. The van der Waals surface area contributed by atoms with Gasteiger partial charge in [0.15, 0.2) is 0 Å². The number of hydrogen-bond donors (Lipinski definition) is 3. The Kier molecular flexibility index (Phi) is 5.72. The minimum atomic E-state index is -0.421. The van der Waals surface area contributed by atoms with E-state index in [9.17, 15) is 4.79 Å². The summed E-state index contributed by atoms with van der Waals surface area (Å²) in [6, 6.07) is 5.18. The molecule has 1 amide bonds. The van der Waals surface area contributed by atoms with E-state index < -0.39 is 6.04 Å². The highest BCUT2D eigenvalue weighted by Crippen LogP contribution is 2.33. The van der Waals surface area contributed by atoms with Gasteiger partial charge in [0.25, 0.3) is 0 Å². The highest BCUT2D eigenvalue weighted by Gasteiger charge is 2.38. The molecule has 3 heterocycles. The molecule has 7 nitrogen and oxygen atoms in total. The lowest BCUT2D eigenvalue weighted by molar-refractivity contribution is -0.143. The summed E-state index contributed by atoms with van der Waals surface area (Å²) in [6.45, 7) is 7.72. The number of nitrogens with one attached hydrogen (secondary N) is 2. The van der Waals surface area contributed by atoms with Gasteiger partial charge in [0.1, 0.15) is 6.04 Å². The second kappa shape index (κ2) is 8.15. The number of hydrogen-bond acceptors (Lipinski definition) is 5. The van der Waals surface area contributed by atoms with E-state index in [-0.39, 0.29) is 17.6 Å². The van der Waals surface area contributed by atoms with E-state index in [1.54, 1.807) is 18.5 Å². The Labute approximate surface area is 180 Å². The molecule has 1 saturated heterocycles. The fraction of sp³-hybridized carbons (Fsp3) is 0.455. The van der Waals surface area contributed by atoms with Gasteiger partial charge in [-0.25, -0.2) is 0 Å². The SMILES string of the molecule is CCC(N)CN1CC(C)(C)OCC1C(=O)Nc1cc(Cl)cc2c1[nH]c1cnccc12. The summed E-state index contributed by atoms with van der Waals surface area (Å²) in [5.41, 5.74) is 8.24. The first kappa shape index (κ1) is 21.1.